The van der Waals surface area contributed by atoms with E-state index in [-0.39, 0.29) is 37.7 Å². The van der Waals surface area contributed by atoms with Gasteiger partial charge >= 0.3 is 12.4 Å². The van der Waals surface area contributed by atoms with Gasteiger partial charge in [-0.15, -0.1) is 0 Å². The molecule has 0 N–H and O–H groups in total. The van der Waals surface area contributed by atoms with Crippen LogP contribution in [0.4, 0.5) is 26.3 Å². The quantitative estimate of drug-likeness (QED) is 0.337. The van der Waals surface area contributed by atoms with Crippen LogP contribution in [0.2, 0.25) is 0 Å². The second-order valence-corrected chi connectivity index (χ2v) is 11.1. The molecule has 3 rings (SSSR count). The predicted molar refractivity (Wildman–Crippen MR) is 124 cm³/mol. The van der Waals surface area contributed by atoms with E-state index in [4.69, 9.17) is 4.18 Å². The highest BCUT2D eigenvalue weighted by molar-refractivity contribution is 7.85. The molecule has 1 aliphatic heterocycles. The first-order valence-electron chi connectivity index (χ1n) is 11.5. The molecule has 12 heteroatoms. The lowest BCUT2D eigenvalue weighted by Crippen LogP contribution is -2.49. The van der Waals surface area contributed by atoms with E-state index in [0.29, 0.717) is 25.0 Å². The van der Waals surface area contributed by atoms with Crippen molar-refractivity contribution in [2.45, 2.75) is 50.4 Å². The molecule has 1 aliphatic rings. The van der Waals surface area contributed by atoms with E-state index in [1.165, 1.54) is 4.90 Å². The highest BCUT2D eigenvalue weighted by Gasteiger charge is 2.40. The summed E-state index contributed by atoms with van der Waals surface area (Å²) in [6.07, 6.45) is -8.39. The Balaban J connectivity index is 1.88. The summed E-state index contributed by atoms with van der Waals surface area (Å²) in [5.74, 6) is -0.618. The lowest BCUT2D eigenvalue weighted by atomic mass is 9.71. The van der Waals surface area contributed by atoms with E-state index < -0.39 is 51.3 Å². The van der Waals surface area contributed by atoms with E-state index >= 15 is 0 Å². The normalized spacial score (nSPS) is 19.2. The zero-order valence-electron chi connectivity index (χ0n) is 20.2. The molecule has 37 heavy (non-hydrogen) atoms. The van der Waals surface area contributed by atoms with Crippen LogP contribution in [0.5, 0.6) is 0 Å². The highest BCUT2D eigenvalue weighted by atomic mass is 32.2. The van der Waals surface area contributed by atoms with Crippen LogP contribution in [0.15, 0.2) is 42.5 Å². The van der Waals surface area contributed by atoms with Crippen LogP contribution in [0.3, 0.4) is 0 Å². The SMILES string of the molecule is Cc1ccc([C@@]2(CCOS(C)(=O)=O)CCCN(C(=O)Cc3cc(C(F)(F)F)cc(C(F)(F)F)c3)C2)cc1. The van der Waals surface area contributed by atoms with Crippen LogP contribution in [0.25, 0.3) is 0 Å². The van der Waals surface area contributed by atoms with Gasteiger partial charge in [0.15, 0.2) is 0 Å². The van der Waals surface area contributed by atoms with Crippen LogP contribution < -0.4 is 0 Å². The van der Waals surface area contributed by atoms with Gasteiger partial charge in [0.25, 0.3) is 10.1 Å². The van der Waals surface area contributed by atoms with Gasteiger partial charge in [0.1, 0.15) is 0 Å². The maximum absolute atomic E-state index is 13.2. The summed E-state index contributed by atoms with van der Waals surface area (Å²) >= 11 is 0. The van der Waals surface area contributed by atoms with Crippen molar-refractivity contribution in [3.05, 3.63) is 70.3 Å². The molecule has 204 valence electrons. The van der Waals surface area contributed by atoms with Crippen LogP contribution >= 0.6 is 0 Å². The second-order valence-electron chi connectivity index (χ2n) is 9.43. The summed E-state index contributed by atoms with van der Waals surface area (Å²) in [4.78, 5) is 14.5. The van der Waals surface area contributed by atoms with E-state index in [1.807, 2.05) is 31.2 Å². The van der Waals surface area contributed by atoms with Crippen molar-refractivity contribution in [3.8, 4) is 0 Å². The number of carbonyl (C=O) groups excluding carboxylic acids is 1. The third kappa shape index (κ3) is 7.70. The number of hydrogen-bond acceptors (Lipinski definition) is 4. The van der Waals surface area contributed by atoms with Gasteiger partial charge in [0.05, 0.1) is 30.4 Å². The first-order chi connectivity index (χ1) is 17.0. The van der Waals surface area contributed by atoms with Crippen LogP contribution in [-0.2, 0) is 43.3 Å². The smallest absolute Gasteiger partial charge is 0.342 e. The Hall–Kier alpha value is -2.60. The molecule has 0 aromatic heterocycles. The molecule has 0 radical (unpaired) electrons. The van der Waals surface area contributed by atoms with Gasteiger partial charge in [0, 0.05) is 18.5 Å². The molecule has 0 unspecified atom stereocenters. The Bertz CT molecular complexity index is 1190. The van der Waals surface area contributed by atoms with Crippen molar-refractivity contribution >= 4 is 16.0 Å². The van der Waals surface area contributed by atoms with Gasteiger partial charge < -0.3 is 4.90 Å². The molecule has 1 saturated heterocycles. The van der Waals surface area contributed by atoms with E-state index in [1.54, 1.807) is 0 Å². The number of likely N-dealkylation sites (tertiary alicyclic amines) is 1. The molecule has 0 bridgehead atoms. The number of piperidine rings is 1. The number of nitrogens with zero attached hydrogens (tertiary/aromatic N) is 1. The fourth-order valence-electron chi connectivity index (χ4n) is 4.63. The maximum Gasteiger partial charge on any atom is 0.416 e. The number of halogens is 6. The summed E-state index contributed by atoms with van der Waals surface area (Å²) in [5, 5.41) is 0. The monoisotopic (exact) mass is 551 g/mol. The third-order valence-corrected chi connectivity index (χ3v) is 7.07. The zero-order valence-corrected chi connectivity index (χ0v) is 21.1. The van der Waals surface area contributed by atoms with Crippen LogP contribution in [0, 0.1) is 6.92 Å². The third-order valence-electron chi connectivity index (χ3n) is 6.47. The summed E-state index contributed by atoms with van der Waals surface area (Å²) in [6.45, 7) is 2.14. The second kappa shape index (κ2) is 10.6. The van der Waals surface area contributed by atoms with Crippen molar-refractivity contribution in [3.63, 3.8) is 0 Å². The van der Waals surface area contributed by atoms with Gasteiger partial charge in [-0.1, -0.05) is 29.8 Å². The average molecular weight is 552 g/mol. The van der Waals surface area contributed by atoms with Gasteiger partial charge in [-0.3, -0.25) is 8.98 Å². The number of alkyl halides is 6. The molecular formula is C25H27F6NO4S. The number of rotatable bonds is 7. The number of hydrogen-bond donors (Lipinski definition) is 0. The van der Waals surface area contributed by atoms with E-state index in [9.17, 15) is 39.6 Å². The highest BCUT2D eigenvalue weighted by Crippen LogP contribution is 2.39. The molecule has 2 aromatic carbocycles. The standard InChI is InChI=1S/C25H27F6NO4S/c1-17-4-6-19(7-5-17)23(9-11-36-37(2,34)35)8-3-10-32(16-23)22(33)14-18-12-20(24(26,27)28)15-21(13-18)25(29,30)31/h4-7,12-13,15H,3,8-11,14,16H2,1-2H3/t23-/m1/s1. The van der Waals surface area contributed by atoms with Crippen LogP contribution in [-0.4, -0.2) is 45.2 Å². The molecule has 0 aliphatic carbocycles. The Kier molecular flexibility index (Phi) is 8.33. The number of aryl methyl sites for hydroxylation is 1. The minimum Gasteiger partial charge on any atom is -0.342 e. The van der Waals surface area contributed by atoms with Gasteiger partial charge in [-0.05, 0) is 55.5 Å². The Morgan fingerprint density at radius 1 is 1.00 bits per heavy atom. The van der Waals surface area contributed by atoms with Crippen molar-refractivity contribution in [1.29, 1.82) is 0 Å². The molecular weight excluding hydrogens is 524 g/mol. The Labute approximate surface area is 211 Å². The topological polar surface area (TPSA) is 63.7 Å². The fraction of sp³-hybridized carbons (Fsp3) is 0.480. The van der Waals surface area contributed by atoms with Crippen molar-refractivity contribution < 1.29 is 43.7 Å². The Morgan fingerprint density at radius 3 is 2.08 bits per heavy atom. The van der Waals surface area contributed by atoms with Gasteiger partial charge in [0.2, 0.25) is 5.91 Å². The maximum atomic E-state index is 13.2. The van der Waals surface area contributed by atoms with Crippen LogP contribution in [0.1, 0.15) is 47.1 Å². The minimum atomic E-state index is -5.01. The lowest BCUT2D eigenvalue weighted by molar-refractivity contribution is -0.143. The van der Waals surface area contributed by atoms with Crippen molar-refractivity contribution in [2.24, 2.45) is 0 Å². The first-order valence-corrected chi connectivity index (χ1v) is 13.3. The summed E-state index contributed by atoms with van der Waals surface area (Å²) < 4.78 is 107. The first kappa shape index (κ1) is 29.0. The Morgan fingerprint density at radius 2 is 1.57 bits per heavy atom. The summed E-state index contributed by atoms with van der Waals surface area (Å²) in [7, 11) is -3.71. The molecule has 1 heterocycles. The molecule has 1 amide bonds. The van der Waals surface area contributed by atoms with Crippen molar-refractivity contribution in [1.82, 2.24) is 4.90 Å². The molecule has 0 saturated carbocycles. The number of benzene rings is 2. The largest absolute Gasteiger partial charge is 0.416 e. The van der Waals surface area contributed by atoms with E-state index in [0.717, 1.165) is 17.4 Å². The van der Waals surface area contributed by atoms with E-state index in [2.05, 4.69) is 0 Å². The molecule has 2 aromatic rings. The molecule has 1 fully saturated rings. The average Bonchev–Trinajstić information content (AvgIpc) is 2.77. The summed E-state index contributed by atoms with van der Waals surface area (Å²) in [6, 6.07) is 8.62. The van der Waals surface area contributed by atoms with Gasteiger partial charge in [-0.2, -0.15) is 34.8 Å². The summed E-state index contributed by atoms with van der Waals surface area (Å²) in [5.41, 5.74) is -2.21. The minimum absolute atomic E-state index is 0.0269. The zero-order chi connectivity index (χ0) is 27.6. The lowest BCUT2D eigenvalue weighted by Gasteiger charge is -2.43. The number of carbonyl (C=O) groups is 1. The van der Waals surface area contributed by atoms with Gasteiger partial charge in [-0.25, -0.2) is 0 Å². The van der Waals surface area contributed by atoms with Crippen molar-refractivity contribution in [2.75, 3.05) is 26.0 Å². The predicted octanol–water partition coefficient (Wildman–Crippen LogP) is 5.50. The number of amides is 1. The fourth-order valence-corrected chi connectivity index (χ4v) is 5.02. The molecule has 0 spiro atoms. The molecule has 1 atom stereocenters. The molecule has 5 nitrogen and oxygen atoms in total.